The van der Waals surface area contributed by atoms with E-state index in [2.05, 4.69) is 44.4 Å². The zero-order valence-corrected chi connectivity index (χ0v) is 14.4. The Balaban J connectivity index is 1.85. The molecule has 0 aliphatic heterocycles. The van der Waals surface area contributed by atoms with Crippen molar-refractivity contribution in [2.75, 3.05) is 12.4 Å². The molecule has 2 heterocycles. The first kappa shape index (κ1) is 16.2. The molecule has 0 spiro atoms. The minimum atomic E-state index is 0.246. The van der Waals surface area contributed by atoms with E-state index in [1.165, 1.54) is 4.88 Å². The molecule has 3 aromatic rings. The lowest BCUT2D eigenvalue weighted by Gasteiger charge is -2.09. The lowest BCUT2D eigenvalue weighted by molar-refractivity contribution is 0.287. The van der Waals surface area contributed by atoms with Crippen LogP contribution in [0.1, 0.15) is 23.5 Å². The van der Waals surface area contributed by atoms with Crippen LogP contribution in [-0.2, 0) is 6.42 Å². The Hall–Kier alpha value is -1.63. The lowest BCUT2D eigenvalue weighted by Crippen LogP contribution is -2.03. The molecule has 3 rings (SSSR count). The van der Waals surface area contributed by atoms with Crippen LogP contribution in [-0.4, -0.2) is 32.2 Å². The fraction of sp³-hybridized carbons (Fsp3) is 0.294. The highest BCUT2D eigenvalue weighted by Crippen LogP contribution is 2.25. The highest BCUT2D eigenvalue weighted by Gasteiger charge is 2.15. The van der Waals surface area contributed by atoms with Gasteiger partial charge in [0.15, 0.2) is 5.16 Å². The summed E-state index contributed by atoms with van der Waals surface area (Å²) in [4.78, 5) is 1.28. The first-order valence-electron chi connectivity index (χ1n) is 7.64. The van der Waals surface area contributed by atoms with Gasteiger partial charge in [0, 0.05) is 29.3 Å². The summed E-state index contributed by atoms with van der Waals surface area (Å²) in [5, 5.41) is 20.7. The van der Waals surface area contributed by atoms with E-state index in [-0.39, 0.29) is 6.61 Å². The van der Waals surface area contributed by atoms with Crippen LogP contribution in [0.3, 0.4) is 0 Å². The zero-order valence-electron chi connectivity index (χ0n) is 12.8. The zero-order chi connectivity index (χ0) is 15.9. The molecular formula is C17H19N3OS2. The maximum absolute atomic E-state index is 8.90. The Morgan fingerprint density at radius 3 is 2.65 bits per heavy atom. The summed E-state index contributed by atoms with van der Waals surface area (Å²) in [5.74, 6) is 1.90. The van der Waals surface area contributed by atoms with E-state index in [0.29, 0.717) is 0 Å². The van der Waals surface area contributed by atoms with E-state index in [9.17, 15) is 0 Å². The van der Waals surface area contributed by atoms with Gasteiger partial charge in [-0.05, 0) is 36.4 Å². The van der Waals surface area contributed by atoms with Crippen molar-refractivity contribution in [2.24, 2.45) is 0 Å². The van der Waals surface area contributed by atoms with E-state index < -0.39 is 0 Å². The van der Waals surface area contributed by atoms with E-state index in [1.54, 1.807) is 23.1 Å². The molecule has 4 nitrogen and oxygen atoms in total. The van der Waals surface area contributed by atoms with Crippen LogP contribution in [0.25, 0.3) is 5.69 Å². The van der Waals surface area contributed by atoms with Crippen molar-refractivity contribution in [3.8, 4) is 5.69 Å². The molecule has 2 aromatic heterocycles. The van der Waals surface area contributed by atoms with Crippen LogP contribution in [0.4, 0.5) is 0 Å². The van der Waals surface area contributed by atoms with E-state index in [0.717, 1.165) is 41.7 Å². The van der Waals surface area contributed by atoms with Gasteiger partial charge in [0.05, 0.1) is 0 Å². The summed E-state index contributed by atoms with van der Waals surface area (Å²) in [7, 11) is 0. The second-order valence-corrected chi connectivity index (χ2v) is 7.20. The maximum Gasteiger partial charge on any atom is 0.195 e. The first-order valence-corrected chi connectivity index (χ1v) is 9.51. The number of unbranched alkanes of at least 4 members (excludes halogenated alkanes) is 1. The van der Waals surface area contributed by atoms with Crippen molar-refractivity contribution in [1.29, 1.82) is 0 Å². The Kier molecular flexibility index (Phi) is 5.85. The third kappa shape index (κ3) is 4.22. The number of benzene rings is 1. The second-order valence-electron chi connectivity index (χ2n) is 5.11. The highest BCUT2D eigenvalue weighted by atomic mass is 32.2. The van der Waals surface area contributed by atoms with Crippen LogP contribution in [0, 0.1) is 0 Å². The predicted molar refractivity (Wildman–Crippen MR) is 95.5 cm³/mol. The summed E-state index contributed by atoms with van der Waals surface area (Å²) in [5.41, 5.74) is 1.09. The summed E-state index contributed by atoms with van der Waals surface area (Å²) < 4.78 is 2.14. The van der Waals surface area contributed by atoms with E-state index in [1.807, 2.05) is 18.2 Å². The molecule has 0 bridgehead atoms. The summed E-state index contributed by atoms with van der Waals surface area (Å²) >= 11 is 3.44. The first-order chi connectivity index (χ1) is 11.4. The molecule has 0 radical (unpaired) electrons. The molecule has 0 aliphatic carbocycles. The van der Waals surface area contributed by atoms with Crippen molar-refractivity contribution in [3.05, 3.63) is 58.5 Å². The average molecular weight is 345 g/mol. The topological polar surface area (TPSA) is 50.9 Å². The molecule has 0 aliphatic rings. The lowest BCUT2D eigenvalue weighted by atomic mass is 10.3. The van der Waals surface area contributed by atoms with Crippen molar-refractivity contribution in [2.45, 2.75) is 24.4 Å². The maximum atomic E-state index is 8.90. The number of nitrogens with zero attached hydrogens (tertiary/aromatic N) is 3. The minimum absolute atomic E-state index is 0.246. The van der Waals surface area contributed by atoms with Crippen molar-refractivity contribution in [1.82, 2.24) is 14.8 Å². The standard InChI is InChI=1S/C17H19N3OS2/c21-10-4-5-11-23-17-19-18-16(13-15-9-6-12-22-15)20(17)14-7-2-1-3-8-14/h1-3,6-9,12,21H,4-5,10-11,13H2. The molecule has 0 amide bonds. The number of hydrogen-bond acceptors (Lipinski definition) is 5. The van der Waals surface area contributed by atoms with Gasteiger partial charge in [0.25, 0.3) is 0 Å². The van der Waals surface area contributed by atoms with Crippen molar-refractivity contribution < 1.29 is 5.11 Å². The molecule has 1 N–H and O–H groups in total. The van der Waals surface area contributed by atoms with Gasteiger partial charge in [-0.3, -0.25) is 4.57 Å². The SMILES string of the molecule is OCCCCSc1nnc(Cc2cccs2)n1-c1ccccc1. The monoisotopic (exact) mass is 345 g/mol. The Labute approximate surface area is 144 Å². The van der Waals surface area contributed by atoms with Gasteiger partial charge in [-0.1, -0.05) is 36.0 Å². The molecule has 0 atom stereocenters. The average Bonchev–Trinajstić information content (AvgIpc) is 3.23. The number of aromatic nitrogens is 3. The number of rotatable bonds is 8. The summed E-state index contributed by atoms with van der Waals surface area (Å²) in [6.07, 6.45) is 2.59. The van der Waals surface area contributed by atoms with Crippen molar-refractivity contribution >= 4 is 23.1 Å². The molecule has 1 aromatic carbocycles. The number of para-hydroxylation sites is 1. The molecular weight excluding hydrogens is 326 g/mol. The van der Waals surface area contributed by atoms with Crippen molar-refractivity contribution in [3.63, 3.8) is 0 Å². The predicted octanol–water partition coefficient (Wildman–Crippen LogP) is 3.78. The van der Waals surface area contributed by atoms with Gasteiger partial charge in [0.2, 0.25) is 0 Å². The largest absolute Gasteiger partial charge is 0.396 e. The second kappa shape index (κ2) is 8.29. The Bertz CT molecular complexity index is 711. The van der Waals surface area contributed by atoms with Crippen LogP contribution >= 0.6 is 23.1 Å². The van der Waals surface area contributed by atoms with Crippen LogP contribution in [0.2, 0.25) is 0 Å². The number of thiophene rings is 1. The third-order valence-electron chi connectivity index (χ3n) is 3.41. The van der Waals surface area contributed by atoms with Crippen LogP contribution < -0.4 is 0 Å². The summed E-state index contributed by atoms with van der Waals surface area (Å²) in [6.45, 7) is 0.246. The highest BCUT2D eigenvalue weighted by molar-refractivity contribution is 7.99. The minimum Gasteiger partial charge on any atom is -0.396 e. The molecule has 0 saturated carbocycles. The van der Waals surface area contributed by atoms with Gasteiger partial charge in [-0.25, -0.2) is 0 Å². The normalized spacial score (nSPS) is 11.0. The van der Waals surface area contributed by atoms with Gasteiger partial charge in [0.1, 0.15) is 5.82 Å². The molecule has 0 unspecified atom stereocenters. The Morgan fingerprint density at radius 2 is 1.91 bits per heavy atom. The smallest absolute Gasteiger partial charge is 0.195 e. The fourth-order valence-electron chi connectivity index (χ4n) is 2.29. The quantitative estimate of drug-likeness (QED) is 0.498. The Morgan fingerprint density at radius 1 is 1.04 bits per heavy atom. The van der Waals surface area contributed by atoms with Gasteiger partial charge in [-0.2, -0.15) is 0 Å². The molecule has 23 heavy (non-hydrogen) atoms. The molecule has 0 fully saturated rings. The summed E-state index contributed by atoms with van der Waals surface area (Å²) in [6, 6.07) is 14.4. The van der Waals surface area contributed by atoms with Crippen LogP contribution in [0.15, 0.2) is 53.0 Å². The fourth-order valence-corrected chi connectivity index (χ4v) is 3.96. The number of hydrogen-bond donors (Lipinski definition) is 1. The molecule has 6 heteroatoms. The third-order valence-corrected chi connectivity index (χ3v) is 5.30. The van der Waals surface area contributed by atoms with Gasteiger partial charge < -0.3 is 5.11 Å². The van der Waals surface area contributed by atoms with Crippen LogP contribution in [0.5, 0.6) is 0 Å². The molecule has 120 valence electrons. The van der Waals surface area contributed by atoms with Gasteiger partial charge in [-0.15, -0.1) is 21.5 Å². The number of aliphatic hydroxyl groups is 1. The number of thioether (sulfide) groups is 1. The van der Waals surface area contributed by atoms with Gasteiger partial charge >= 0.3 is 0 Å². The molecule has 0 saturated heterocycles. The van der Waals surface area contributed by atoms with E-state index >= 15 is 0 Å². The number of aliphatic hydroxyl groups excluding tert-OH is 1. The van der Waals surface area contributed by atoms with E-state index in [4.69, 9.17) is 5.11 Å².